The molecule has 0 aromatic heterocycles. The molecule has 3 aromatic carbocycles. The van der Waals surface area contributed by atoms with Gasteiger partial charge in [-0.05, 0) is 84.9 Å². The normalized spacial score (nSPS) is 18.3. The third-order valence-corrected chi connectivity index (χ3v) is 11.7. The summed E-state index contributed by atoms with van der Waals surface area (Å²) in [4.78, 5) is 12.9. The molecule has 3 aliphatic rings. The molecule has 1 heterocycles. The number of benzene rings is 3. The number of ether oxygens (including phenoxy) is 1. The van der Waals surface area contributed by atoms with Gasteiger partial charge in [0.1, 0.15) is 11.6 Å². The maximum absolute atomic E-state index is 15.0. The highest BCUT2D eigenvalue weighted by Crippen LogP contribution is 2.45. The van der Waals surface area contributed by atoms with Gasteiger partial charge in [-0.15, -0.1) is 0 Å². The number of hydrogen-bond acceptors (Lipinski definition) is 6. The van der Waals surface area contributed by atoms with Gasteiger partial charge >= 0.3 is 0 Å². The van der Waals surface area contributed by atoms with E-state index in [2.05, 4.69) is 0 Å². The van der Waals surface area contributed by atoms with Crippen LogP contribution < -0.4 is 9.46 Å². The minimum Gasteiger partial charge on any atom is -0.493 e. The van der Waals surface area contributed by atoms with Crippen LogP contribution in [0.25, 0.3) is 10.8 Å². The summed E-state index contributed by atoms with van der Waals surface area (Å²) in [7, 11) is -7.42. The van der Waals surface area contributed by atoms with Crippen LogP contribution in [-0.2, 0) is 20.0 Å². The molecule has 8 nitrogen and oxygen atoms in total. The van der Waals surface area contributed by atoms with Crippen molar-refractivity contribution in [3.63, 3.8) is 0 Å². The van der Waals surface area contributed by atoms with Gasteiger partial charge < -0.3 is 4.74 Å². The predicted molar refractivity (Wildman–Crippen MR) is 162 cm³/mol. The van der Waals surface area contributed by atoms with E-state index >= 15 is 0 Å². The number of amides is 1. The van der Waals surface area contributed by atoms with Crippen molar-refractivity contribution < 1.29 is 32.2 Å². The van der Waals surface area contributed by atoms with Crippen LogP contribution in [0.15, 0.2) is 59.5 Å². The Bertz CT molecular complexity index is 1680. The van der Waals surface area contributed by atoms with E-state index in [1.54, 1.807) is 12.1 Å². The van der Waals surface area contributed by atoms with E-state index in [-0.39, 0.29) is 23.7 Å². The van der Waals surface area contributed by atoms with Gasteiger partial charge in [0.15, 0.2) is 0 Å². The molecule has 2 aliphatic carbocycles. The van der Waals surface area contributed by atoms with Crippen LogP contribution in [-0.4, -0.2) is 52.0 Å². The lowest BCUT2D eigenvalue weighted by molar-refractivity contribution is 0.0977. The van der Waals surface area contributed by atoms with E-state index < -0.39 is 37.0 Å². The van der Waals surface area contributed by atoms with Gasteiger partial charge in [-0.25, -0.2) is 25.9 Å². The van der Waals surface area contributed by atoms with Crippen molar-refractivity contribution >= 4 is 36.7 Å². The molecule has 0 atom stereocenters. The first-order chi connectivity index (χ1) is 20.1. The maximum atomic E-state index is 15.0. The lowest BCUT2D eigenvalue weighted by atomic mass is 9.99. The second kappa shape index (κ2) is 12.3. The zero-order chi connectivity index (χ0) is 30.1. The molecule has 2 saturated carbocycles. The molecular formula is C31H39FN2O6S2. The molecule has 1 aliphatic heterocycles. The summed E-state index contributed by atoms with van der Waals surface area (Å²) in [5.41, 5.74) is 0.400. The third-order valence-electron chi connectivity index (χ3n) is 7.97. The number of carbonyl (C=O) groups excluding carboxylic acids is 1. The summed E-state index contributed by atoms with van der Waals surface area (Å²) in [5, 5.41) is 1.27. The van der Waals surface area contributed by atoms with E-state index in [9.17, 15) is 26.0 Å². The molecule has 0 bridgehead atoms. The molecule has 1 amide bonds. The minimum absolute atomic E-state index is 0. The van der Waals surface area contributed by atoms with E-state index in [4.69, 9.17) is 4.74 Å². The number of halogens is 1. The monoisotopic (exact) mass is 618 g/mol. The van der Waals surface area contributed by atoms with E-state index in [0.29, 0.717) is 56.7 Å². The number of nitrogens with one attached hydrogen (secondary N) is 1. The molecule has 1 N–H and O–H groups in total. The highest BCUT2D eigenvalue weighted by Gasteiger charge is 2.38. The van der Waals surface area contributed by atoms with Crippen LogP contribution in [0.5, 0.6) is 5.75 Å². The zero-order valence-corrected chi connectivity index (χ0v) is 25.5. The number of hydrogen-bond donors (Lipinski definition) is 1. The Morgan fingerprint density at radius 3 is 2.24 bits per heavy atom. The average Bonchev–Trinajstić information content (AvgIpc) is 3.90. The van der Waals surface area contributed by atoms with Crippen molar-refractivity contribution in [3.05, 3.63) is 71.5 Å². The van der Waals surface area contributed by atoms with Crippen LogP contribution in [0, 0.1) is 11.7 Å². The summed E-state index contributed by atoms with van der Waals surface area (Å²) in [6, 6.07) is 15.4. The topological polar surface area (TPSA) is 110 Å². The van der Waals surface area contributed by atoms with Crippen LogP contribution in [0.2, 0.25) is 0 Å². The molecule has 0 spiro atoms. The number of nitrogens with zero attached hydrogens (tertiary/aromatic N) is 1. The van der Waals surface area contributed by atoms with Crippen molar-refractivity contribution in [2.75, 3.05) is 19.7 Å². The van der Waals surface area contributed by atoms with Crippen LogP contribution in [0.4, 0.5) is 4.39 Å². The van der Waals surface area contributed by atoms with Crippen LogP contribution >= 0.6 is 0 Å². The van der Waals surface area contributed by atoms with Gasteiger partial charge in [-0.1, -0.05) is 44.2 Å². The van der Waals surface area contributed by atoms with E-state index in [1.807, 2.05) is 48.9 Å². The smallest absolute Gasteiger partial charge is 0.267 e. The van der Waals surface area contributed by atoms with Gasteiger partial charge in [0.2, 0.25) is 20.0 Å². The second-order valence-corrected chi connectivity index (χ2v) is 14.9. The van der Waals surface area contributed by atoms with Gasteiger partial charge in [-0.2, -0.15) is 4.31 Å². The summed E-state index contributed by atoms with van der Waals surface area (Å²) >= 11 is 0. The number of carbonyl (C=O) groups is 1. The van der Waals surface area contributed by atoms with Crippen molar-refractivity contribution in [1.29, 1.82) is 0 Å². The number of fused-ring (bicyclic) bond motifs is 1. The van der Waals surface area contributed by atoms with Crippen molar-refractivity contribution in [2.45, 2.75) is 68.4 Å². The Morgan fingerprint density at radius 2 is 1.60 bits per heavy atom. The summed E-state index contributed by atoms with van der Waals surface area (Å²) in [6.07, 6.45) is 3.98. The van der Waals surface area contributed by atoms with Crippen molar-refractivity contribution in [3.8, 4) is 5.75 Å². The van der Waals surface area contributed by atoms with Gasteiger partial charge in [0.05, 0.1) is 22.3 Å². The number of sulfonamides is 2. The molecule has 11 heteroatoms. The fourth-order valence-corrected chi connectivity index (χ4v) is 8.03. The second-order valence-electron chi connectivity index (χ2n) is 11.0. The average molecular weight is 619 g/mol. The maximum Gasteiger partial charge on any atom is 0.267 e. The first-order valence-corrected chi connectivity index (χ1v) is 17.6. The highest BCUT2D eigenvalue weighted by atomic mass is 32.2. The predicted octanol–water partition coefficient (Wildman–Crippen LogP) is 5.83. The SMILES string of the molecule is CC.O=C(NS(=O)(=O)C1CC1)c1cc(C2CC2)c(OCC2CCN(S(=O)(=O)c3ccc4ccccc4c3)CC2)cc1F.[HH]. The molecule has 0 radical (unpaired) electrons. The van der Waals surface area contributed by atoms with Gasteiger partial charge in [0.25, 0.3) is 5.91 Å². The molecule has 1 saturated heterocycles. The van der Waals surface area contributed by atoms with Gasteiger partial charge in [-0.3, -0.25) is 4.79 Å². The molecule has 228 valence electrons. The molecule has 3 fully saturated rings. The highest BCUT2D eigenvalue weighted by molar-refractivity contribution is 7.91. The lowest BCUT2D eigenvalue weighted by Crippen LogP contribution is -2.39. The Kier molecular flexibility index (Phi) is 8.91. The van der Waals surface area contributed by atoms with Crippen LogP contribution in [0.1, 0.15) is 75.6 Å². The van der Waals surface area contributed by atoms with Crippen molar-refractivity contribution in [1.82, 2.24) is 9.03 Å². The third kappa shape index (κ3) is 6.63. The minimum atomic E-state index is -3.79. The summed E-state index contributed by atoms with van der Waals surface area (Å²) in [6.45, 7) is 5.02. The molecule has 42 heavy (non-hydrogen) atoms. The fourth-order valence-electron chi connectivity index (χ4n) is 5.23. The Balaban J connectivity index is 0.00000138. The molecule has 0 unspecified atom stereocenters. The lowest BCUT2D eigenvalue weighted by Gasteiger charge is -2.31. The summed E-state index contributed by atoms with van der Waals surface area (Å²) < 4.78 is 75.4. The Morgan fingerprint density at radius 1 is 0.929 bits per heavy atom. The quantitative estimate of drug-likeness (QED) is 0.323. The van der Waals surface area contributed by atoms with E-state index in [0.717, 1.165) is 23.6 Å². The fraction of sp³-hybridized carbons (Fsp3) is 0.452. The van der Waals surface area contributed by atoms with Crippen molar-refractivity contribution in [2.24, 2.45) is 5.92 Å². The zero-order valence-electron chi connectivity index (χ0n) is 23.9. The van der Waals surface area contributed by atoms with Gasteiger partial charge in [0, 0.05) is 20.6 Å². The first-order valence-electron chi connectivity index (χ1n) is 14.6. The van der Waals surface area contributed by atoms with Crippen LogP contribution in [0.3, 0.4) is 0 Å². The van der Waals surface area contributed by atoms with E-state index in [1.165, 1.54) is 16.4 Å². The molecule has 3 aromatic rings. The molecular weight excluding hydrogens is 579 g/mol. The first kappa shape index (κ1) is 30.4. The largest absolute Gasteiger partial charge is 0.493 e. The standard InChI is InChI=1S/C29H31FN2O6S2.C2H6.H2/c30-27-17-28(25(21-5-6-21)16-26(27)29(33)31-39(34,35)23-9-10-23)38-18-19-11-13-32(14-12-19)40(36,37)24-8-7-20-3-1-2-4-22(20)15-24;1-2;/h1-4,7-8,15-17,19,21,23H,5-6,9-14,18H2,(H,31,33);1-2H3;1H. The number of rotatable bonds is 9. The number of piperidine rings is 1. The Labute approximate surface area is 248 Å². The summed E-state index contributed by atoms with van der Waals surface area (Å²) in [5.74, 6) is -1.22. The molecule has 6 rings (SSSR count). The Hall–Kier alpha value is -3.02.